The predicted molar refractivity (Wildman–Crippen MR) is 88.8 cm³/mol. The van der Waals surface area contributed by atoms with E-state index in [1.165, 1.54) is 12.1 Å². The second kappa shape index (κ2) is 7.65. The van der Waals surface area contributed by atoms with Crippen LogP contribution in [-0.2, 0) is 11.0 Å². The molecule has 0 bridgehead atoms. The van der Waals surface area contributed by atoms with Gasteiger partial charge in [-0.2, -0.15) is 18.2 Å². The smallest absolute Gasteiger partial charge is 0.416 e. The van der Waals surface area contributed by atoms with Crippen molar-refractivity contribution in [2.45, 2.75) is 19.1 Å². The minimum Gasteiger partial charge on any atom is -0.480 e. The van der Waals surface area contributed by atoms with E-state index in [0.717, 1.165) is 12.1 Å². The quantitative estimate of drug-likeness (QED) is 0.848. The molecule has 0 unspecified atom stereocenters. The summed E-state index contributed by atoms with van der Waals surface area (Å²) in [6.07, 6.45) is -4.44. The second-order valence-corrected chi connectivity index (χ2v) is 6.42. The highest BCUT2D eigenvalue weighted by molar-refractivity contribution is 5.69. The summed E-state index contributed by atoms with van der Waals surface area (Å²) in [6.45, 7) is 4.35. The molecule has 1 aromatic heterocycles. The normalized spacial score (nSPS) is 17.8. The fourth-order valence-corrected chi connectivity index (χ4v) is 3.01. The zero-order valence-electron chi connectivity index (χ0n) is 14.6. The van der Waals surface area contributed by atoms with Crippen LogP contribution in [0.2, 0.25) is 0 Å². The highest BCUT2D eigenvalue weighted by Crippen LogP contribution is 2.32. The van der Waals surface area contributed by atoms with Crippen LogP contribution < -0.4 is 0 Å². The summed E-state index contributed by atoms with van der Waals surface area (Å²) in [5, 5.41) is 12.7. The highest BCUT2D eigenvalue weighted by Gasteiger charge is 2.31. The minimum atomic E-state index is -4.44. The molecule has 0 radical (unpaired) electrons. The van der Waals surface area contributed by atoms with Gasteiger partial charge >= 0.3 is 12.1 Å². The molecule has 2 aromatic rings. The lowest BCUT2D eigenvalue weighted by Crippen LogP contribution is -2.48. The number of halogens is 3. The van der Waals surface area contributed by atoms with Crippen LogP contribution in [0.1, 0.15) is 24.4 Å². The lowest BCUT2D eigenvalue weighted by atomic mass is 10.1. The zero-order valence-corrected chi connectivity index (χ0v) is 14.6. The Bertz CT molecular complexity index is 801. The molecule has 1 saturated heterocycles. The van der Waals surface area contributed by atoms with Gasteiger partial charge in [-0.05, 0) is 19.1 Å². The summed E-state index contributed by atoms with van der Waals surface area (Å²) in [5.74, 6) is -0.444. The first-order chi connectivity index (χ1) is 12.7. The van der Waals surface area contributed by atoms with Crippen molar-refractivity contribution in [3.05, 3.63) is 35.7 Å². The Hall–Kier alpha value is -2.46. The monoisotopic (exact) mass is 384 g/mol. The van der Waals surface area contributed by atoms with Gasteiger partial charge in [-0.1, -0.05) is 17.3 Å². The van der Waals surface area contributed by atoms with Crippen molar-refractivity contribution in [1.82, 2.24) is 19.9 Å². The average Bonchev–Trinajstić information content (AvgIpc) is 3.11. The third kappa shape index (κ3) is 4.64. The average molecular weight is 384 g/mol. The van der Waals surface area contributed by atoms with Gasteiger partial charge in [0.15, 0.2) is 0 Å². The maximum Gasteiger partial charge on any atom is 0.416 e. The molecule has 0 aliphatic carbocycles. The van der Waals surface area contributed by atoms with Gasteiger partial charge in [0.2, 0.25) is 11.7 Å². The molecule has 1 fully saturated rings. The van der Waals surface area contributed by atoms with Crippen LogP contribution in [0, 0.1) is 0 Å². The van der Waals surface area contributed by atoms with Crippen molar-refractivity contribution in [2.24, 2.45) is 0 Å². The Morgan fingerprint density at radius 1 is 1.30 bits per heavy atom. The molecule has 7 nitrogen and oxygen atoms in total. The van der Waals surface area contributed by atoms with E-state index in [1.54, 1.807) is 0 Å². The molecular formula is C17H19F3N4O3. The van der Waals surface area contributed by atoms with Crippen LogP contribution in [-0.4, -0.2) is 63.7 Å². The molecule has 2 heterocycles. The van der Waals surface area contributed by atoms with Gasteiger partial charge in [0, 0.05) is 31.7 Å². The van der Waals surface area contributed by atoms with E-state index in [1.807, 2.05) is 11.8 Å². The molecule has 0 amide bonds. The topological polar surface area (TPSA) is 82.7 Å². The van der Waals surface area contributed by atoms with Crippen LogP contribution >= 0.6 is 0 Å². The van der Waals surface area contributed by atoms with Crippen molar-refractivity contribution >= 4 is 5.97 Å². The number of aromatic nitrogens is 2. The van der Waals surface area contributed by atoms with Gasteiger partial charge in [0.25, 0.3) is 0 Å². The molecule has 0 spiro atoms. The van der Waals surface area contributed by atoms with E-state index in [9.17, 15) is 18.0 Å². The van der Waals surface area contributed by atoms with Crippen LogP contribution in [0.4, 0.5) is 13.2 Å². The first-order valence-corrected chi connectivity index (χ1v) is 8.43. The molecule has 27 heavy (non-hydrogen) atoms. The Kier molecular flexibility index (Phi) is 5.47. The summed E-state index contributed by atoms with van der Waals surface area (Å²) in [4.78, 5) is 18.9. The third-order valence-electron chi connectivity index (χ3n) is 4.56. The number of aliphatic carboxylic acids is 1. The Labute approximate surface area is 153 Å². The number of piperazine rings is 1. The Balaban J connectivity index is 1.68. The molecule has 10 heteroatoms. The second-order valence-electron chi connectivity index (χ2n) is 6.42. The van der Waals surface area contributed by atoms with Crippen LogP contribution in [0.25, 0.3) is 11.4 Å². The number of alkyl halides is 3. The fourth-order valence-electron chi connectivity index (χ4n) is 3.01. The molecule has 0 saturated carbocycles. The van der Waals surface area contributed by atoms with Gasteiger partial charge in [-0.15, -0.1) is 0 Å². The number of rotatable bonds is 5. The van der Waals surface area contributed by atoms with Crippen LogP contribution in [0.3, 0.4) is 0 Å². The molecular weight excluding hydrogens is 365 g/mol. The minimum absolute atomic E-state index is 0.00245. The van der Waals surface area contributed by atoms with Gasteiger partial charge in [0.1, 0.15) is 0 Å². The van der Waals surface area contributed by atoms with Crippen molar-refractivity contribution in [2.75, 3.05) is 32.7 Å². The lowest BCUT2D eigenvalue weighted by Gasteiger charge is -2.35. The summed E-state index contributed by atoms with van der Waals surface area (Å²) in [6, 6.07) is 4.57. The zero-order chi connectivity index (χ0) is 19.6. The summed E-state index contributed by atoms with van der Waals surface area (Å²) in [7, 11) is 0. The Morgan fingerprint density at radius 2 is 2.00 bits per heavy atom. The lowest BCUT2D eigenvalue weighted by molar-refractivity contribution is -0.139. The summed E-state index contributed by atoms with van der Waals surface area (Å²) < 4.78 is 43.8. The predicted octanol–water partition coefficient (Wildman–Crippen LogP) is 2.52. The fraction of sp³-hybridized carbons (Fsp3) is 0.471. The van der Waals surface area contributed by atoms with Gasteiger partial charge < -0.3 is 9.63 Å². The number of hydrogen-bond acceptors (Lipinski definition) is 6. The Morgan fingerprint density at radius 3 is 2.63 bits per heavy atom. The van der Waals surface area contributed by atoms with E-state index in [-0.39, 0.29) is 24.0 Å². The summed E-state index contributed by atoms with van der Waals surface area (Å²) >= 11 is 0. The molecule has 146 valence electrons. The van der Waals surface area contributed by atoms with Crippen molar-refractivity contribution in [1.29, 1.82) is 0 Å². The first-order valence-electron chi connectivity index (χ1n) is 8.43. The molecule has 3 rings (SSSR count). The van der Waals surface area contributed by atoms with Crippen molar-refractivity contribution in [3.63, 3.8) is 0 Å². The molecule has 1 aliphatic heterocycles. The maximum atomic E-state index is 12.9. The molecule has 1 aromatic carbocycles. The van der Waals surface area contributed by atoms with Crippen LogP contribution in [0.15, 0.2) is 28.8 Å². The van der Waals surface area contributed by atoms with Crippen molar-refractivity contribution in [3.8, 4) is 11.4 Å². The summed E-state index contributed by atoms with van der Waals surface area (Å²) in [5.41, 5.74) is -0.535. The number of carboxylic acids is 1. The maximum absolute atomic E-state index is 12.9. The van der Waals surface area contributed by atoms with E-state index in [0.29, 0.717) is 32.1 Å². The number of benzene rings is 1. The number of hydrogen-bond donors (Lipinski definition) is 1. The number of nitrogens with zero attached hydrogens (tertiary/aromatic N) is 4. The van der Waals surface area contributed by atoms with Gasteiger partial charge in [-0.3, -0.25) is 14.6 Å². The van der Waals surface area contributed by atoms with Crippen molar-refractivity contribution < 1.29 is 27.6 Å². The third-order valence-corrected chi connectivity index (χ3v) is 4.56. The first kappa shape index (κ1) is 19.3. The van der Waals surface area contributed by atoms with Gasteiger partial charge in [0.05, 0.1) is 18.2 Å². The highest BCUT2D eigenvalue weighted by atomic mass is 19.4. The number of carbonyl (C=O) groups is 1. The van der Waals surface area contributed by atoms with Gasteiger partial charge in [-0.25, -0.2) is 0 Å². The molecule has 1 atom stereocenters. The van der Waals surface area contributed by atoms with E-state index >= 15 is 0 Å². The SMILES string of the molecule is C[C@@H](c1nc(-c2cccc(C(F)(F)F)c2)no1)N1CCN(CC(=O)O)CC1. The van der Waals surface area contributed by atoms with E-state index in [2.05, 4.69) is 15.0 Å². The molecule has 1 N–H and O–H groups in total. The standard InChI is InChI=1S/C17H19F3N4O3/c1-11(24-7-5-23(6-8-24)10-14(25)26)16-21-15(22-27-16)12-3-2-4-13(9-12)17(18,19)20/h2-4,9,11H,5-8,10H2,1H3,(H,25,26)/t11-/m0/s1. The largest absolute Gasteiger partial charge is 0.480 e. The van der Waals surface area contributed by atoms with Crippen LogP contribution in [0.5, 0.6) is 0 Å². The van der Waals surface area contributed by atoms with E-state index in [4.69, 9.17) is 9.63 Å². The molecule has 1 aliphatic rings. The van der Waals surface area contributed by atoms with E-state index < -0.39 is 17.7 Å². The number of carboxylic acid groups (broad SMARTS) is 1.